The molecule has 2 heterocycles. The largest absolute Gasteiger partial charge is 0.467 e. The summed E-state index contributed by atoms with van der Waals surface area (Å²) in [6, 6.07) is 5.21. The second-order valence-corrected chi connectivity index (χ2v) is 9.59. The molecule has 0 spiro atoms. The Hall–Kier alpha value is -4.07. The lowest BCUT2D eigenvalue weighted by Gasteiger charge is -2.29. The second-order valence-electron chi connectivity index (χ2n) is 9.23. The number of amides is 4. The fourth-order valence-corrected chi connectivity index (χ4v) is 4.51. The van der Waals surface area contributed by atoms with Gasteiger partial charge in [-0.1, -0.05) is 30.3 Å². The van der Waals surface area contributed by atoms with Gasteiger partial charge in [0.2, 0.25) is 17.7 Å². The first-order valence-corrected chi connectivity index (χ1v) is 13.4. The number of hydrogen-bond donors (Lipinski definition) is 5. The van der Waals surface area contributed by atoms with Crippen LogP contribution in [0.3, 0.4) is 0 Å². The predicted octanol–water partition coefficient (Wildman–Crippen LogP) is 0.331. The van der Waals surface area contributed by atoms with Gasteiger partial charge in [-0.15, -0.1) is 0 Å². The number of nitrogens with zero attached hydrogens (tertiary/aromatic N) is 2. The maximum absolute atomic E-state index is 13.2. The number of nitrogens with one attached hydrogen (secondary N) is 4. The van der Waals surface area contributed by atoms with Crippen LogP contribution in [0.25, 0.3) is 0 Å². The summed E-state index contributed by atoms with van der Waals surface area (Å²) in [5.41, 5.74) is 1.41. The van der Waals surface area contributed by atoms with Gasteiger partial charge in [-0.25, -0.2) is 14.6 Å². The molecule has 14 heteroatoms. The highest BCUT2D eigenvalue weighted by atomic mass is 32.1. The molecule has 4 amide bonds. The fraction of sp³-hybridized carbons (Fsp3) is 0.462. The van der Waals surface area contributed by atoms with Crippen LogP contribution in [0.2, 0.25) is 0 Å². The third-order valence-electron chi connectivity index (χ3n) is 6.35. The normalized spacial score (nSPS) is 16.8. The number of rotatable bonds is 12. The van der Waals surface area contributed by atoms with Gasteiger partial charge in [-0.05, 0) is 25.3 Å². The van der Waals surface area contributed by atoms with E-state index in [0.717, 1.165) is 5.56 Å². The number of ether oxygens (including phenoxy) is 2. The molecule has 0 unspecified atom stereocenters. The van der Waals surface area contributed by atoms with Gasteiger partial charge in [0.1, 0.15) is 30.8 Å². The lowest BCUT2D eigenvalue weighted by molar-refractivity contribution is -0.146. The smallest absolute Gasteiger partial charge is 0.408 e. The molecule has 0 aliphatic carbocycles. The number of alkyl carbamates (subject to hydrolysis) is 1. The summed E-state index contributed by atoms with van der Waals surface area (Å²) < 4.78 is 9.97. The van der Waals surface area contributed by atoms with Crippen molar-refractivity contribution in [2.45, 2.75) is 57.0 Å². The number of methoxy groups -OCH3 is 1. The molecule has 13 nitrogen and oxygen atoms in total. The molecule has 0 radical (unpaired) electrons. The Morgan fingerprint density at radius 3 is 2.52 bits per heavy atom. The number of hydrogen-bond acceptors (Lipinski definition) is 9. The first kappa shape index (κ1) is 30.5. The lowest BCUT2D eigenvalue weighted by Crippen LogP contribution is -2.57. The van der Waals surface area contributed by atoms with Crippen LogP contribution in [0.5, 0.6) is 0 Å². The van der Waals surface area contributed by atoms with Gasteiger partial charge < -0.3 is 35.3 Å². The molecule has 40 heavy (non-hydrogen) atoms. The number of carbonyl (C=O) groups excluding carboxylic acids is 5. The van der Waals surface area contributed by atoms with Gasteiger partial charge in [-0.3, -0.25) is 14.4 Å². The van der Waals surface area contributed by atoms with Crippen molar-refractivity contribution in [2.75, 3.05) is 19.4 Å². The van der Waals surface area contributed by atoms with Gasteiger partial charge in [0.25, 0.3) is 0 Å². The molecule has 1 aliphatic rings. The van der Waals surface area contributed by atoms with Crippen LogP contribution in [-0.4, -0.2) is 88.2 Å². The number of H-pyrrole nitrogens is 1. The Balaban J connectivity index is 1.54. The number of aromatic amines is 1. The molecule has 4 N–H and O–H groups in total. The van der Waals surface area contributed by atoms with Crippen LogP contribution in [0.15, 0.2) is 42.9 Å². The summed E-state index contributed by atoms with van der Waals surface area (Å²) in [5.74, 6) is -2.27. The summed E-state index contributed by atoms with van der Waals surface area (Å²) in [5, 5.41) is 7.69. The number of esters is 1. The Bertz CT molecular complexity index is 1160. The third-order valence-corrected chi connectivity index (χ3v) is 6.72. The standard InChI is InChI=1S/C26H34N6O7S/c1-16(29-22(33)20(14-40)31-26(37)39-13-17-7-4-3-5-8-17)24(35)32-10-6-9-21(32)23(34)30-19(25(36)38-2)11-18-12-27-15-28-18/h3-5,7-8,12,15-16,19-21,40H,6,9-11,13-14H2,1-2H3,(H,27,28)(H,29,33)(H,30,34)(H,31,37)/t16-,19-,20-,21-/m0/s1. The quantitative estimate of drug-likeness (QED) is 0.178. The van der Waals surface area contributed by atoms with E-state index in [9.17, 15) is 24.0 Å². The van der Waals surface area contributed by atoms with Crippen molar-refractivity contribution in [3.63, 3.8) is 0 Å². The maximum atomic E-state index is 13.2. The summed E-state index contributed by atoms with van der Waals surface area (Å²) in [6.07, 6.45) is 3.29. The topological polar surface area (TPSA) is 172 Å². The summed E-state index contributed by atoms with van der Waals surface area (Å²) in [4.78, 5) is 71.7. The van der Waals surface area contributed by atoms with E-state index in [4.69, 9.17) is 9.47 Å². The van der Waals surface area contributed by atoms with E-state index in [-0.39, 0.29) is 18.8 Å². The van der Waals surface area contributed by atoms with Crippen LogP contribution in [0.4, 0.5) is 4.79 Å². The van der Waals surface area contributed by atoms with Gasteiger partial charge in [-0.2, -0.15) is 12.6 Å². The summed E-state index contributed by atoms with van der Waals surface area (Å²) >= 11 is 4.13. The number of imidazole rings is 1. The SMILES string of the molecule is COC(=O)[C@H](Cc1cnc[nH]1)NC(=O)[C@@H]1CCCN1C(=O)[C@H](C)NC(=O)[C@H](CS)NC(=O)OCc1ccccc1. The monoisotopic (exact) mass is 574 g/mol. The maximum Gasteiger partial charge on any atom is 0.408 e. The van der Waals surface area contributed by atoms with Crippen LogP contribution in [0, 0.1) is 0 Å². The molecule has 1 fully saturated rings. The van der Waals surface area contributed by atoms with Crippen molar-refractivity contribution in [2.24, 2.45) is 0 Å². The zero-order valence-corrected chi connectivity index (χ0v) is 23.2. The first-order valence-electron chi connectivity index (χ1n) is 12.8. The number of thiol groups is 1. The van der Waals surface area contributed by atoms with Crippen molar-refractivity contribution in [3.05, 3.63) is 54.1 Å². The Kier molecular flexibility index (Phi) is 11.4. The van der Waals surface area contributed by atoms with E-state index in [0.29, 0.717) is 25.1 Å². The van der Waals surface area contributed by atoms with Crippen molar-refractivity contribution in [1.29, 1.82) is 0 Å². The molecule has 216 valence electrons. The Morgan fingerprint density at radius 2 is 1.88 bits per heavy atom. The molecule has 4 atom stereocenters. The Labute approximate surface area is 237 Å². The lowest BCUT2D eigenvalue weighted by atomic mass is 10.1. The number of benzene rings is 1. The average molecular weight is 575 g/mol. The average Bonchev–Trinajstić information content (AvgIpc) is 3.66. The van der Waals surface area contributed by atoms with E-state index in [1.54, 1.807) is 12.1 Å². The van der Waals surface area contributed by atoms with Crippen molar-refractivity contribution >= 4 is 42.4 Å². The molecular formula is C26H34N6O7S. The number of carbonyl (C=O) groups is 5. The molecule has 1 aliphatic heterocycles. The highest BCUT2D eigenvalue weighted by Gasteiger charge is 2.38. The number of aromatic nitrogens is 2. The zero-order chi connectivity index (χ0) is 29.1. The minimum Gasteiger partial charge on any atom is -0.467 e. The van der Waals surface area contributed by atoms with Crippen molar-refractivity contribution < 1.29 is 33.4 Å². The minimum absolute atomic E-state index is 0.0274. The Morgan fingerprint density at radius 1 is 1.12 bits per heavy atom. The molecule has 1 saturated heterocycles. The molecule has 2 aromatic rings. The van der Waals surface area contributed by atoms with E-state index in [1.807, 2.05) is 18.2 Å². The second kappa shape index (κ2) is 14.9. The van der Waals surface area contributed by atoms with Crippen LogP contribution < -0.4 is 16.0 Å². The first-order chi connectivity index (χ1) is 19.2. The van der Waals surface area contributed by atoms with Crippen LogP contribution >= 0.6 is 12.6 Å². The molecule has 1 aromatic heterocycles. The highest BCUT2D eigenvalue weighted by molar-refractivity contribution is 7.80. The van der Waals surface area contributed by atoms with Gasteiger partial charge in [0.15, 0.2) is 0 Å². The van der Waals surface area contributed by atoms with Crippen LogP contribution in [0.1, 0.15) is 31.0 Å². The zero-order valence-electron chi connectivity index (χ0n) is 22.3. The minimum atomic E-state index is -1.05. The highest BCUT2D eigenvalue weighted by Crippen LogP contribution is 2.19. The molecule has 1 aromatic carbocycles. The molecule has 3 rings (SSSR count). The molecule has 0 bridgehead atoms. The summed E-state index contributed by atoms with van der Waals surface area (Å²) in [6.45, 7) is 1.83. The van der Waals surface area contributed by atoms with Crippen molar-refractivity contribution in [1.82, 2.24) is 30.8 Å². The van der Waals surface area contributed by atoms with Gasteiger partial charge in [0.05, 0.1) is 13.4 Å². The fourth-order valence-electron chi connectivity index (χ4n) is 4.25. The van der Waals surface area contributed by atoms with Gasteiger partial charge >= 0.3 is 12.1 Å². The number of likely N-dealkylation sites (tertiary alicyclic amines) is 1. The summed E-state index contributed by atoms with van der Waals surface area (Å²) in [7, 11) is 1.22. The van der Waals surface area contributed by atoms with Gasteiger partial charge in [0, 0.05) is 30.6 Å². The van der Waals surface area contributed by atoms with E-state index in [1.165, 1.54) is 31.5 Å². The predicted molar refractivity (Wildman–Crippen MR) is 146 cm³/mol. The van der Waals surface area contributed by atoms with E-state index in [2.05, 4.69) is 38.5 Å². The van der Waals surface area contributed by atoms with E-state index < -0.39 is 54.0 Å². The molecule has 0 saturated carbocycles. The van der Waals surface area contributed by atoms with Crippen molar-refractivity contribution in [3.8, 4) is 0 Å². The van der Waals surface area contributed by atoms with E-state index >= 15 is 0 Å². The van der Waals surface area contributed by atoms with Crippen LogP contribution in [-0.2, 0) is 41.7 Å². The molecular weight excluding hydrogens is 540 g/mol. The third kappa shape index (κ3) is 8.46.